The molecule has 7 nitrogen and oxygen atoms in total. The van der Waals surface area contributed by atoms with Gasteiger partial charge in [0.25, 0.3) is 0 Å². The molecule has 0 radical (unpaired) electrons. The van der Waals surface area contributed by atoms with Crippen molar-refractivity contribution >= 4 is 40.7 Å². The second-order valence-corrected chi connectivity index (χ2v) is 6.71. The Morgan fingerprint density at radius 2 is 1.97 bits per heavy atom. The van der Waals surface area contributed by atoms with E-state index in [0.717, 1.165) is 12.5 Å². The van der Waals surface area contributed by atoms with Crippen molar-refractivity contribution in [3.63, 3.8) is 0 Å². The van der Waals surface area contributed by atoms with Gasteiger partial charge in [-0.25, -0.2) is 9.98 Å². The summed E-state index contributed by atoms with van der Waals surface area (Å²) in [5.74, 6) is 2.56. The predicted octanol–water partition coefficient (Wildman–Crippen LogP) is 4.65. The molecule has 0 fully saturated rings. The number of furan rings is 1. The van der Waals surface area contributed by atoms with Crippen LogP contribution < -0.4 is 10.6 Å². The third kappa shape index (κ3) is 4.99. The van der Waals surface area contributed by atoms with E-state index in [-0.39, 0.29) is 30.0 Å². The summed E-state index contributed by atoms with van der Waals surface area (Å²) in [7, 11) is 0. The van der Waals surface area contributed by atoms with Crippen molar-refractivity contribution in [3.05, 3.63) is 72.2 Å². The van der Waals surface area contributed by atoms with Crippen LogP contribution in [0.1, 0.15) is 31.3 Å². The quantitative estimate of drug-likeness (QED) is 0.197. The van der Waals surface area contributed by atoms with Crippen LogP contribution in [0, 0.1) is 0 Å². The Morgan fingerprint density at radius 1 is 1.13 bits per heavy atom. The van der Waals surface area contributed by atoms with Gasteiger partial charge in [0.1, 0.15) is 12.4 Å². The van der Waals surface area contributed by atoms with Crippen LogP contribution in [0.3, 0.4) is 0 Å². The Hall–Kier alpha value is -2.88. The fourth-order valence-corrected chi connectivity index (χ4v) is 3.27. The molecule has 30 heavy (non-hydrogen) atoms. The molecule has 4 aromatic rings. The van der Waals surface area contributed by atoms with Gasteiger partial charge < -0.3 is 15.1 Å². The fraction of sp³-hybridized carbons (Fsp3) is 0.227. The summed E-state index contributed by atoms with van der Waals surface area (Å²) < 4.78 is 5.33. The minimum atomic E-state index is 0. The van der Waals surface area contributed by atoms with Gasteiger partial charge in [0.15, 0.2) is 11.7 Å². The number of aromatic nitrogens is 3. The number of aromatic amines is 1. The summed E-state index contributed by atoms with van der Waals surface area (Å²) in [4.78, 5) is 9.09. The number of nitrogens with zero attached hydrogens (tertiary/aromatic N) is 3. The molecule has 0 aliphatic heterocycles. The van der Waals surface area contributed by atoms with E-state index in [4.69, 9.17) is 4.42 Å². The number of benzene rings is 2. The maximum absolute atomic E-state index is 5.33. The number of fused-ring (bicyclic) bond motifs is 1. The standard InChI is InChI=1S/C22H24N6O.HI/c1-3-23-22(24-14-20-26-21(28-27-20)19-12-7-13-29-19)25-15(2)17-11-6-9-16-8-4-5-10-18(16)17;/h4-13,15H,3,14H2,1-2H3,(H2,23,24,25)(H,26,27,28);1H. The molecule has 0 aliphatic carbocycles. The molecule has 2 heterocycles. The van der Waals surface area contributed by atoms with Gasteiger partial charge in [0, 0.05) is 6.54 Å². The van der Waals surface area contributed by atoms with Crippen molar-refractivity contribution in [2.24, 2.45) is 4.99 Å². The number of aliphatic imine (C=N–C) groups is 1. The Bertz CT molecular complexity index is 1100. The van der Waals surface area contributed by atoms with Crippen molar-refractivity contribution in [2.45, 2.75) is 26.4 Å². The number of nitrogens with one attached hydrogen (secondary N) is 3. The molecule has 3 N–H and O–H groups in total. The number of rotatable bonds is 6. The molecule has 1 atom stereocenters. The van der Waals surface area contributed by atoms with Crippen molar-refractivity contribution in [2.75, 3.05) is 6.54 Å². The third-order valence-electron chi connectivity index (χ3n) is 4.65. The molecule has 0 saturated carbocycles. The lowest BCUT2D eigenvalue weighted by atomic mass is 10.00. The maximum atomic E-state index is 5.33. The van der Waals surface area contributed by atoms with Crippen LogP contribution in [0.25, 0.3) is 22.4 Å². The smallest absolute Gasteiger partial charge is 0.216 e. The highest BCUT2D eigenvalue weighted by atomic mass is 127. The van der Waals surface area contributed by atoms with E-state index in [2.05, 4.69) is 80.2 Å². The van der Waals surface area contributed by atoms with Gasteiger partial charge in [0.05, 0.1) is 12.3 Å². The summed E-state index contributed by atoms with van der Waals surface area (Å²) >= 11 is 0. The molecule has 0 amide bonds. The van der Waals surface area contributed by atoms with Crippen molar-refractivity contribution in [1.82, 2.24) is 25.8 Å². The Kier molecular flexibility index (Phi) is 7.45. The van der Waals surface area contributed by atoms with Gasteiger partial charge in [-0.1, -0.05) is 42.5 Å². The summed E-state index contributed by atoms with van der Waals surface area (Å²) in [6.07, 6.45) is 1.60. The van der Waals surface area contributed by atoms with Gasteiger partial charge in [-0.05, 0) is 42.3 Å². The normalized spacial score (nSPS) is 12.4. The summed E-state index contributed by atoms with van der Waals surface area (Å²) in [5, 5.41) is 16.4. The Morgan fingerprint density at radius 3 is 2.77 bits per heavy atom. The van der Waals surface area contributed by atoms with Crippen molar-refractivity contribution in [3.8, 4) is 11.6 Å². The highest BCUT2D eigenvalue weighted by Gasteiger charge is 2.12. The first kappa shape index (κ1) is 21.8. The zero-order valence-corrected chi connectivity index (χ0v) is 19.3. The molecule has 0 bridgehead atoms. The average Bonchev–Trinajstić information content (AvgIpc) is 3.43. The molecule has 4 rings (SSSR count). The number of H-pyrrole nitrogens is 1. The van der Waals surface area contributed by atoms with Crippen LogP contribution >= 0.6 is 24.0 Å². The Balaban J connectivity index is 0.00000256. The Labute approximate surface area is 192 Å². The number of halogens is 1. The van der Waals surface area contributed by atoms with Gasteiger partial charge >= 0.3 is 0 Å². The second-order valence-electron chi connectivity index (χ2n) is 6.71. The zero-order valence-electron chi connectivity index (χ0n) is 16.9. The van der Waals surface area contributed by atoms with E-state index < -0.39 is 0 Å². The van der Waals surface area contributed by atoms with Crippen LogP contribution in [0.15, 0.2) is 70.3 Å². The van der Waals surface area contributed by atoms with E-state index in [0.29, 0.717) is 24.0 Å². The van der Waals surface area contributed by atoms with Gasteiger partial charge in [-0.2, -0.15) is 0 Å². The topological polar surface area (TPSA) is 91.1 Å². The molecule has 0 aliphatic rings. The summed E-state index contributed by atoms with van der Waals surface area (Å²) in [5.41, 5.74) is 1.23. The largest absolute Gasteiger partial charge is 0.461 e. The molecule has 0 spiro atoms. The van der Waals surface area contributed by atoms with Crippen molar-refractivity contribution < 1.29 is 4.42 Å². The average molecular weight is 516 g/mol. The molecule has 156 valence electrons. The molecule has 8 heteroatoms. The van der Waals surface area contributed by atoms with E-state index in [9.17, 15) is 0 Å². The van der Waals surface area contributed by atoms with Crippen LogP contribution in [0.5, 0.6) is 0 Å². The van der Waals surface area contributed by atoms with E-state index in [1.807, 2.05) is 19.1 Å². The van der Waals surface area contributed by atoms with Crippen LogP contribution in [-0.4, -0.2) is 27.7 Å². The van der Waals surface area contributed by atoms with Gasteiger partial charge in [0.2, 0.25) is 5.82 Å². The summed E-state index contributed by atoms with van der Waals surface area (Å²) in [6, 6.07) is 18.5. The SMILES string of the molecule is CCNC(=NCc1nc(-c2ccco2)n[nH]1)NC(C)c1cccc2ccccc12.I. The third-order valence-corrected chi connectivity index (χ3v) is 4.65. The predicted molar refractivity (Wildman–Crippen MR) is 130 cm³/mol. The van der Waals surface area contributed by atoms with Gasteiger partial charge in [-0.15, -0.1) is 29.1 Å². The zero-order chi connectivity index (χ0) is 20.1. The fourth-order valence-electron chi connectivity index (χ4n) is 3.27. The first-order valence-corrected chi connectivity index (χ1v) is 9.72. The lowest BCUT2D eigenvalue weighted by molar-refractivity contribution is 0.577. The van der Waals surface area contributed by atoms with Crippen LogP contribution in [0.2, 0.25) is 0 Å². The van der Waals surface area contributed by atoms with Crippen LogP contribution in [-0.2, 0) is 6.54 Å². The first-order chi connectivity index (χ1) is 14.2. The van der Waals surface area contributed by atoms with Crippen LogP contribution in [0.4, 0.5) is 0 Å². The number of guanidine groups is 1. The number of hydrogen-bond donors (Lipinski definition) is 3. The summed E-state index contributed by atoms with van der Waals surface area (Å²) in [6.45, 7) is 5.33. The van der Waals surface area contributed by atoms with E-state index >= 15 is 0 Å². The molecule has 2 aromatic heterocycles. The van der Waals surface area contributed by atoms with Gasteiger partial charge in [-0.3, -0.25) is 5.10 Å². The van der Waals surface area contributed by atoms with Crippen molar-refractivity contribution in [1.29, 1.82) is 0 Å². The highest BCUT2D eigenvalue weighted by molar-refractivity contribution is 14.0. The lowest BCUT2D eigenvalue weighted by Crippen LogP contribution is -2.38. The second kappa shape index (κ2) is 10.2. The highest BCUT2D eigenvalue weighted by Crippen LogP contribution is 2.24. The molecule has 1 unspecified atom stereocenters. The lowest BCUT2D eigenvalue weighted by Gasteiger charge is -2.19. The van der Waals surface area contributed by atoms with E-state index in [1.54, 1.807) is 6.26 Å². The maximum Gasteiger partial charge on any atom is 0.216 e. The molecular formula is C22H25IN6O. The minimum absolute atomic E-state index is 0. The molecular weight excluding hydrogens is 491 g/mol. The molecule has 0 saturated heterocycles. The molecule has 2 aromatic carbocycles. The minimum Gasteiger partial charge on any atom is -0.461 e. The number of hydrogen-bond acceptors (Lipinski definition) is 4. The van der Waals surface area contributed by atoms with E-state index in [1.165, 1.54) is 16.3 Å². The monoisotopic (exact) mass is 516 g/mol. The first-order valence-electron chi connectivity index (χ1n) is 9.72.